The van der Waals surface area contributed by atoms with Gasteiger partial charge >= 0.3 is 0 Å². The third kappa shape index (κ3) is 5.47. The summed E-state index contributed by atoms with van der Waals surface area (Å²) in [6, 6.07) is 0. The van der Waals surface area contributed by atoms with Gasteiger partial charge in [0.2, 0.25) is 0 Å². The molecule has 0 amide bonds. The zero-order valence-corrected chi connectivity index (χ0v) is 5.15. The molecular weight excluding hydrogens is 96.9 g/mol. The molecule has 0 aliphatic rings. The largest absolute Gasteiger partial charge is 0.306 e. The van der Waals surface area contributed by atoms with E-state index < -0.39 is 0 Å². The average molecular weight is 107 g/mol. The SMILES string of the molecule is [B]CC/C=C\C(C)=N. The lowest BCUT2D eigenvalue weighted by molar-refractivity contribution is 1.21. The maximum atomic E-state index is 6.95. The first kappa shape index (κ1) is 7.47. The Morgan fingerprint density at radius 3 is 2.75 bits per heavy atom. The Balaban J connectivity index is 3.20. The van der Waals surface area contributed by atoms with Crippen LogP contribution >= 0.6 is 0 Å². The lowest BCUT2D eigenvalue weighted by Crippen LogP contribution is -1.77. The van der Waals surface area contributed by atoms with Crippen molar-refractivity contribution in [3.8, 4) is 0 Å². The quantitative estimate of drug-likeness (QED) is 0.418. The highest BCUT2D eigenvalue weighted by Gasteiger charge is 1.74. The van der Waals surface area contributed by atoms with Crippen molar-refractivity contribution in [3.05, 3.63) is 12.2 Å². The highest BCUT2D eigenvalue weighted by Crippen LogP contribution is 1.86. The predicted molar refractivity (Wildman–Crippen MR) is 37.7 cm³/mol. The van der Waals surface area contributed by atoms with Gasteiger partial charge in [-0.2, -0.15) is 0 Å². The Morgan fingerprint density at radius 1 is 1.75 bits per heavy atom. The zero-order valence-electron chi connectivity index (χ0n) is 5.15. The average Bonchev–Trinajstić information content (AvgIpc) is 1.66. The summed E-state index contributed by atoms with van der Waals surface area (Å²) in [6.45, 7) is 1.74. The second-order valence-corrected chi connectivity index (χ2v) is 1.66. The van der Waals surface area contributed by atoms with Gasteiger partial charge in [0.1, 0.15) is 0 Å². The van der Waals surface area contributed by atoms with Crippen LogP contribution in [-0.2, 0) is 0 Å². The molecule has 8 heavy (non-hydrogen) atoms. The molecule has 42 valence electrons. The first-order valence-corrected chi connectivity index (χ1v) is 2.69. The summed E-state index contributed by atoms with van der Waals surface area (Å²) in [5.74, 6) is 0. The van der Waals surface area contributed by atoms with Crippen molar-refractivity contribution in [2.24, 2.45) is 0 Å². The minimum Gasteiger partial charge on any atom is -0.306 e. The monoisotopic (exact) mass is 107 g/mol. The fourth-order valence-electron chi connectivity index (χ4n) is 0.356. The van der Waals surface area contributed by atoms with E-state index in [1.54, 1.807) is 13.0 Å². The first-order chi connectivity index (χ1) is 3.77. The fraction of sp³-hybridized carbons (Fsp3) is 0.500. The molecule has 2 radical (unpaired) electrons. The van der Waals surface area contributed by atoms with E-state index in [1.165, 1.54) is 0 Å². The number of rotatable bonds is 3. The van der Waals surface area contributed by atoms with Gasteiger partial charge in [0.15, 0.2) is 0 Å². The van der Waals surface area contributed by atoms with E-state index in [-0.39, 0.29) is 0 Å². The van der Waals surface area contributed by atoms with Gasteiger partial charge in [-0.05, 0) is 19.4 Å². The van der Waals surface area contributed by atoms with Gasteiger partial charge in [-0.1, -0.05) is 12.4 Å². The van der Waals surface area contributed by atoms with Crippen LogP contribution in [-0.4, -0.2) is 13.6 Å². The molecule has 1 N–H and O–H groups in total. The molecule has 0 aromatic heterocycles. The molecule has 0 saturated carbocycles. The lowest BCUT2D eigenvalue weighted by Gasteiger charge is -1.82. The van der Waals surface area contributed by atoms with E-state index in [1.807, 2.05) is 6.08 Å². The van der Waals surface area contributed by atoms with Crippen molar-refractivity contribution in [1.29, 1.82) is 5.41 Å². The Bertz CT molecular complexity index is 96.7. The minimum atomic E-state index is 0.582. The van der Waals surface area contributed by atoms with E-state index in [4.69, 9.17) is 13.3 Å². The van der Waals surface area contributed by atoms with Crippen molar-refractivity contribution in [2.45, 2.75) is 19.7 Å². The first-order valence-electron chi connectivity index (χ1n) is 2.69. The molecule has 0 rings (SSSR count). The van der Waals surface area contributed by atoms with Crippen LogP contribution in [0.5, 0.6) is 0 Å². The van der Waals surface area contributed by atoms with Gasteiger partial charge in [-0.25, -0.2) is 0 Å². The molecule has 2 heteroatoms. The Hall–Kier alpha value is -0.525. The summed E-state index contributed by atoms with van der Waals surface area (Å²) in [7, 11) is 5.19. The normalized spacial score (nSPS) is 10.1. The van der Waals surface area contributed by atoms with Crippen molar-refractivity contribution in [1.82, 2.24) is 0 Å². The van der Waals surface area contributed by atoms with Gasteiger partial charge in [-0.15, -0.1) is 0 Å². The summed E-state index contributed by atoms with van der Waals surface area (Å²) < 4.78 is 0. The van der Waals surface area contributed by atoms with Crippen LogP contribution in [0.25, 0.3) is 0 Å². The number of hydrogen-bond donors (Lipinski definition) is 1. The van der Waals surface area contributed by atoms with E-state index in [0.29, 0.717) is 12.0 Å². The summed E-state index contributed by atoms with van der Waals surface area (Å²) >= 11 is 0. The summed E-state index contributed by atoms with van der Waals surface area (Å²) in [5, 5.41) is 6.95. The van der Waals surface area contributed by atoms with Crippen molar-refractivity contribution >= 4 is 13.6 Å². The topological polar surface area (TPSA) is 23.9 Å². The highest BCUT2D eigenvalue weighted by atomic mass is 14.4. The fourth-order valence-corrected chi connectivity index (χ4v) is 0.356. The molecule has 0 heterocycles. The standard InChI is InChI=1S/C6H10BN/c1-6(8)4-2-3-5-7/h2,4,8H,3,5H2,1H3/b4-2-,8-6?. The number of nitrogens with one attached hydrogen (secondary N) is 1. The maximum absolute atomic E-state index is 6.95. The molecule has 0 aromatic rings. The Kier molecular flexibility index (Phi) is 4.33. The van der Waals surface area contributed by atoms with Gasteiger partial charge < -0.3 is 5.41 Å². The summed E-state index contributed by atoms with van der Waals surface area (Å²) in [4.78, 5) is 0. The molecule has 0 aliphatic carbocycles. The van der Waals surface area contributed by atoms with Crippen LogP contribution in [0.1, 0.15) is 13.3 Å². The van der Waals surface area contributed by atoms with Gasteiger partial charge in [-0.3, -0.25) is 0 Å². The molecule has 0 bridgehead atoms. The zero-order chi connectivity index (χ0) is 6.41. The summed E-state index contributed by atoms with van der Waals surface area (Å²) in [6.07, 6.45) is 5.20. The molecule has 0 spiro atoms. The molecule has 0 fully saturated rings. The van der Waals surface area contributed by atoms with Crippen LogP contribution in [0.4, 0.5) is 0 Å². The number of hydrogen-bond acceptors (Lipinski definition) is 1. The van der Waals surface area contributed by atoms with Gasteiger partial charge in [0, 0.05) is 5.71 Å². The van der Waals surface area contributed by atoms with Crippen LogP contribution in [0, 0.1) is 5.41 Å². The van der Waals surface area contributed by atoms with Gasteiger partial charge in [0.25, 0.3) is 0 Å². The Morgan fingerprint density at radius 2 is 2.38 bits per heavy atom. The van der Waals surface area contributed by atoms with E-state index >= 15 is 0 Å². The second-order valence-electron chi connectivity index (χ2n) is 1.66. The molecule has 0 saturated heterocycles. The molecule has 0 unspecified atom stereocenters. The highest BCUT2D eigenvalue weighted by molar-refractivity contribution is 6.08. The minimum absolute atomic E-state index is 0.582. The van der Waals surface area contributed by atoms with Crippen molar-refractivity contribution in [3.63, 3.8) is 0 Å². The molecule has 0 atom stereocenters. The van der Waals surface area contributed by atoms with Crippen LogP contribution in [0.2, 0.25) is 6.32 Å². The molecule has 1 nitrogen and oxygen atoms in total. The Labute approximate surface area is 51.7 Å². The molecular formula is C6H10BN. The van der Waals surface area contributed by atoms with E-state index in [0.717, 1.165) is 6.42 Å². The van der Waals surface area contributed by atoms with E-state index in [2.05, 4.69) is 0 Å². The third-order valence-electron chi connectivity index (χ3n) is 0.701. The lowest BCUT2D eigenvalue weighted by atomic mass is 10.0. The van der Waals surface area contributed by atoms with E-state index in [9.17, 15) is 0 Å². The van der Waals surface area contributed by atoms with Gasteiger partial charge in [0.05, 0.1) is 7.85 Å². The molecule has 0 aliphatic heterocycles. The van der Waals surface area contributed by atoms with Crippen LogP contribution < -0.4 is 0 Å². The van der Waals surface area contributed by atoms with Crippen LogP contribution in [0.3, 0.4) is 0 Å². The molecule has 0 aromatic carbocycles. The van der Waals surface area contributed by atoms with Crippen molar-refractivity contribution in [2.75, 3.05) is 0 Å². The smallest absolute Gasteiger partial charge is 0.0657 e. The summed E-state index contributed by atoms with van der Waals surface area (Å²) in [5.41, 5.74) is 0.582. The number of allylic oxidation sites excluding steroid dienone is 2. The predicted octanol–water partition coefficient (Wildman–Crippen LogP) is 1.56. The maximum Gasteiger partial charge on any atom is 0.0657 e. The second kappa shape index (κ2) is 4.63. The van der Waals surface area contributed by atoms with Crippen LogP contribution in [0.15, 0.2) is 12.2 Å². The van der Waals surface area contributed by atoms with Crippen molar-refractivity contribution < 1.29 is 0 Å². The third-order valence-corrected chi connectivity index (χ3v) is 0.701.